The molecule has 0 heterocycles. The second-order valence-corrected chi connectivity index (χ2v) is 7.26. The zero-order chi connectivity index (χ0) is 14.1. The summed E-state index contributed by atoms with van der Waals surface area (Å²) in [5.74, 6) is 1.68. The third kappa shape index (κ3) is 2.79. The Balaban J connectivity index is 1.74. The van der Waals surface area contributed by atoms with Gasteiger partial charge in [-0.25, -0.2) is 0 Å². The predicted molar refractivity (Wildman–Crippen MR) is 86.0 cm³/mol. The molecular formula is C19H29N. The Morgan fingerprint density at radius 2 is 1.90 bits per heavy atom. The first-order valence-corrected chi connectivity index (χ1v) is 8.50. The molecule has 20 heavy (non-hydrogen) atoms. The van der Waals surface area contributed by atoms with Crippen LogP contribution in [0.4, 0.5) is 0 Å². The summed E-state index contributed by atoms with van der Waals surface area (Å²) >= 11 is 0. The van der Waals surface area contributed by atoms with Crippen LogP contribution in [0.5, 0.6) is 0 Å². The smallest absolute Gasteiger partial charge is 0.0328 e. The highest BCUT2D eigenvalue weighted by molar-refractivity contribution is 5.37. The number of rotatable bonds is 3. The highest BCUT2D eigenvalue weighted by atomic mass is 15.0. The Morgan fingerprint density at radius 1 is 1.10 bits per heavy atom. The highest BCUT2D eigenvalue weighted by Crippen LogP contribution is 2.36. The van der Waals surface area contributed by atoms with Gasteiger partial charge in [0, 0.05) is 12.1 Å². The van der Waals surface area contributed by atoms with Gasteiger partial charge in [-0.15, -0.1) is 0 Å². The van der Waals surface area contributed by atoms with Crippen LogP contribution in [-0.4, -0.2) is 6.04 Å². The van der Waals surface area contributed by atoms with E-state index in [0.717, 1.165) is 17.9 Å². The van der Waals surface area contributed by atoms with E-state index in [-0.39, 0.29) is 0 Å². The van der Waals surface area contributed by atoms with Crippen LogP contribution in [0.2, 0.25) is 0 Å². The fraction of sp³-hybridized carbons (Fsp3) is 0.684. The summed E-state index contributed by atoms with van der Waals surface area (Å²) in [5, 5.41) is 4.03. The molecule has 0 amide bonds. The van der Waals surface area contributed by atoms with Gasteiger partial charge in [0.1, 0.15) is 0 Å². The predicted octanol–water partition coefficient (Wildman–Crippen LogP) is 4.79. The van der Waals surface area contributed by atoms with Crippen molar-refractivity contribution in [3.8, 4) is 0 Å². The largest absolute Gasteiger partial charge is 0.307 e. The number of hydrogen-bond acceptors (Lipinski definition) is 1. The van der Waals surface area contributed by atoms with Crippen LogP contribution < -0.4 is 5.32 Å². The molecule has 1 nitrogen and oxygen atoms in total. The maximum absolute atomic E-state index is 4.03. The summed E-state index contributed by atoms with van der Waals surface area (Å²) in [4.78, 5) is 0. The van der Waals surface area contributed by atoms with Crippen molar-refractivity contribution in [2.24, 2.45) is 11.8 Å². The van der Waals surface area contributed by atoms with E-state index in [2.05, 4.69) is 44.3 Å². The molecule has 3 unspecified atom stereocenters. The van der Waals surface area contributed by atoms with Crippen molar-refractivity contribution in [2.75, 3.05) is 0 Å². The van der Waals surface area contributed by atoms with E-state index in [1.54, 1.807) is 11.1 Å². The monoisotopic (exact) mass is 271 g/mol. The minimum atomic E-state index is 0.606. The van der Waals surface area contributed by atoms with Crippen molar-refractivity contribution < 1.29 is 0 Å². The van der Waals surface area contributed by atoms with Gasteiger partial charge in [-0.3, -0.25) is 0 Å². The van der Waals surface area contributed by atoms with E-state index in [9.17, 15) is 0 Å². The molecule has 0 radical (unpaired) electrons. The minimum absolute atomic E-state index is 0.606. The normalized spacial score (nSPS) is 29.7. The number of aryl methyl sites for hydroxylation is 2. The Hall–Kier alpha value is -0.820. The standard InChI is InChI=1S/C19H29N/c1-13(2)16-6-4-5-7-18(16)20-19-11-10-15-9-8-14(3)12-17(15)19/h8-9,12-13,16,18-20H,4-7,10-11H2,1-3H3. The van der Waals surface area contributed by atoms with Crippen molar-refractivity contribution in [2.45, 2.75) is 71.4 Å². The Bertz CT molecular complexity index is 463. The van der Waals surface area contributed by atoms with Crippen LogP contribution in [0, 0.1) is 18.8 Å². The molecule has 0 aromatic heterocycles. The second kappa shape index (κ2) is 5.89. The van der Waals surface area contributed by atoms with E-state index in [4.69, 9.17) is 0 Å². The van der Waals surface area contributed by atoms with Crippen LogP contribution in [-0.2, 0) is 6.42 Å². The second-order valence-electron chi connectivity index (χ2n) is 7.26. The van der Waals surface area contributed by atoms with Gasteiger partial charge in [-0.2, -0.15) is 0 Å². The molecule has 1 aromatic rings. The van der Waals surface area contributed by atoms with Crippen LogP contribution in [0.25, 0.3) is 0 Å². The van der Waals surface area contributed by atoms with E-state index >= 15 is 0 Å². The van der Waals surface area contributed by atoms with Crippen molar-refractivity contribution in [1.82, 2.24) is 5.32 Å². The molecule has 1 saturated carbocycles. The first kappa shape index (κ1) is 14.1. The average molecular weight is 271 g/mol. The van der Waals surface area contributed by atoms with Gasteiger partial charge in [0.2, 0.25) is 0 Å². The number of benzene rings is 1. The van der Waals surface area contributed by atoms with Crippen molar-refractivity contribution in [1.29, 1.82) is 0 Å². The van der Waals surface area contributed by atoms with E-state index in [1.165, 1.54) is 44.1 Å². The summed E-state index contributed by atoms with van der Waals surface area (Å²) < 4.78 is 0. The molecule has 3 atom stereocenters. The Morgan fingerprint density at radius 3 is 2.70 bits per heavy atom. The lowest BCUT2D eigenvalue weighted by Crippen LogP contribution is -2.42. The molecule has 1 fully saturated rings. The highest BCUT2D eigenvalue weighted by Gasteiger charge is 2.31. The molecular weight excluding hydrogens is 242 g/mol. The molecule has 1 N–H and O–H groups in total. The fourth-order valence-corrected chi connectivity index (χ4v) is 4.32. The summed E-state index contributed by atoms with van der Waals surface area (Å²) in [6, 6.07) is 8.36. The number of hydrogen-bond donors (Lipinski definition) is 1. The van der Waals surface area contributed by atoms with Gasteiger partial charge in [-0.05, 0) is 55.6 Å². The first-order chi connectivity index (χ1) is 9.65. The lowest BCUT2D eigenvalue weighted by Gasteiger charge is -2.37. The molecule has 110 valence electrons. The SMILES string of the molecule is Cc1ccc2c(c1)C(NC1CCCCC1C(C)C)CC2. The first-order valence-electron chi connectivity index (χ1n) is 8.50. The Kier molecular flexibility index (Phi) is 4.16. The molecule has 1 heteroatoms. The topological polar surface area (TPSA) is 12.0 Å². The summed E-state index contributed by atoms with van der Waals surface area (Å²) in [5.41, 5.74) is 4.56. The van der Waals surface area contributed by atoms with Crippen LogP contribution in [0.3, 0.4) is 0 Å². The van der Waals surface area contributed by atoms with Crippen molar-refractivity contribution in [3.05, 3.63) is 34.9 Å². The van der Waals surface area contributed by atoms with Gasteiger partial charge in [0.05, 0.1) is 0 Å². The summed E-state index contributed by atoms with van der Waals surface area (Å²) in [7, 11) is 0. The molecule has 3 rings (SSSR count). The van der Waals surface area contributed by atoms with Gasteiger partial charge < -0.3 is 5.32 Å². The van der Waals surface area contributed by atoms with Crippen molar-refractivity contribution >= 4 is 0 Å². The zero-order valence-electron chi connectivity index (χ0n) is 13.3. The van der Waals surface area contributed by atoms with Crippen molar-refractivity contribution in [3.63, 3.8) is 0 Å². The lowest BCUT2D eigenvalue weighted by atomic mass is 9.77. The Labute approximate surface area is 124 Å². The van der Waals surface area contributed by atoms with Crippen LogP contribution in [0.15, 0.2) is 18.2 Å². The third-order valence-electron chi connectivity index (χ3n) is 5.47. The quantitative estimate of drug-likeness (QED) is 0.833. The van der Waals surface area contributed by atoms with Gasteiger partial charge >= 0.3 is 0 Å². The maximum atomic E-state index is 4.03. The summed E-state index contributed by atoms with van der Waals surface area (Å²) in [6.45, 7) is 7.02. The molecule has 2 aliphatic rings. The molecule has 2 aliphatic carbocycles. The lowest BCUT2D eigenvalue weighted by molar-refractivity contribution is 0.192. The average Bonchev–Trinajstić information content (AvgIpc) is 2.82. The van der Waals surface area contributed by atoms with Gasteiger partial charge in [0.25, 0.3) is 0 Å². The molecule has 0 spiro atoms. The third-order valence-corrected chi connectivity index (χ3v) is 5.47. The maximum Gasteiger partial charge on any atom is 0.0328 e. The van der Waals surface area contributed by atoms with E-state index < -0.39 is 0 Å². The number of nitrogens with one attached hydrogen (secondary N) is 1. The zero-order valence-corrected chi connectivity index (χ0v) is 13.3. The minimum Gasteiger partial charge on any atom is -0.307 e. The van der Waals surface area contributed by atoms with Gasteiger partial charge in [0.15, 0.2) is 0 Å². The van der Waals surface area contributed by atoms with E-state index in [1.807, 2.05) is 0 Å². The summed E-state index contributed by atoms with van der Waals surface area (Å²) in [6.07, 6.45) is 8.19. The van der Waals surface area contributed by atoms with E-state index in [0.29, 0.717) is 6.04 Å². The van der Waals surface area contributed by atoms with Crippen LogP contribution in [0.1, 0.15) is 68.7 Å². The van der Waals surface area contributed by atoms with Crippen LogP contribution >= 0.6 is 0 Å². The molecule has 0 aliphatic heterocycles. The molecule has 0 bridgehead atoms. The number of fused-ring (bicyclic) bond motifs is 1. The molecule has 1 aromatic carbocycles. The fourth-order valence-electron chi connectivity index (χ4n) is 4.32. The van der Waals surface area contributed by atoms with Gasteiger partial charge in [-0.1, -0.05) is 50.5 Å². The molecule has 0 saturated heterocycles.